The van der Waals surface area contributed by atoms with Gasteiger partial charge in [-0.15, -0.1) is 5.10 Å². The van der Waals surface area contributed by atoms with Crippen molar-refractivity contribution in [2.75, 3.05) is 32.7 Å². The Labute approximate surface area is 106 Å². The highest BCUT2D eigenvalue weighted by atomic mass is 16.4. The third-order valence-corrected chi connectivity index (χ3v) is 3.01. The van der Waals surface area contributed by atoms with Gasteiger partial charge in [0.2, 0.25) is 0 Å². The molecule has 0 spiro atoms. The molecule has 1 aliphatic heterocycles. The van der Waals surface area contributed by atoms with Crippen molar-refractivity contribution in [2.24, 2.45) is 17.9 Å². The van der Waals surface area contributed by atoms with Gasteiger partial charge >= 0.3 is 0 Å². The molecule has 100 valence electrons. The first-order chi connectivity index (χ1) is 8.67. The summed E-state index contributed by atoms with van der Waals surface area (Å²) in [6.07, 6.45) is 1.93. The predicted octanol–water partition coefficient (Wildman–Crippen LogP) is -1.32. The molecule has 0 amide bonds. The Bertz CT molecular complexity index is 408. The standard InChI is InChI=1S/C10H19N7O/c1-15-6-9(12-14-15)7-16-2-4-17(5-3-16)8-10(11)13-18/h6,18H,2-5,7-8H2,1H3,(H2,11,13). The fourth-order valence-corrected chi connectivity index (χ4v) is 2.06. The smallest absolute Gasteiger partial charge is 0.153 e. The van der Waals surface area contributed by atoms with Crippen LogP contribution in [0.25, 0.3) is 0 Å². The minimum Gasteiger partial charge on any atom is -0.409 e. The normalized spacial score (nSPS) is 19.3. The van der Waals surface area contributed by atoms with Gasteiger partial charge in [-0.1, -0.05) is 10.4 Å². The molecule has 1 aromatic rings. The lowest BCUT2D eigenvalue weighted by molar-refractivity contribution is 0.137. The van der Waals surface area contributed by atoms with Crippen LogP contribution in [0.1, 0.15) is 5.69 Å². The molecule has 0 bridgehead atoms. The molecule has 2 heterocycles. The highest BCUT2D eigenvalue weighted by Gasteiger charge is 2.18. The van der Waals surface area contributed by atoms with Crippen molar-refractivity contribution in [3.8, 4) is 0 Å². The van der Waals surface area contributed by atoms with E-state index in [-0.39, 0.29) is 5.84 Å². The second kappa shape index (κ2) is 5.78. The van der Waals surface area contributed by atoms with Crippen molar-refractivity contribution in [3.63, 3.8) is 0 Å². The van der Waals surface area contributed by atoms with Crippen molar-refractivity contribution in [1.29, 1.82) is 0 Å². The van der Waals surface area contributed by atoms with E-state index in [9.17, 15) is 0 Å². The predicted molar refractivity (Wildman–Crippen MR) is 66.1 cm³/mol. The molecule has 1 fully saturated rings. The number of rotatable bonds is 4. The van der Waals surface area contributed by atoms with Crippen LogP contribution in [0.15, 0.2) is 11.4 Å². The van der Waals surface area contributed by atoms with Gasteiger partial charge in [-0.3, -0.25) is 14.5 Å². The summed E-state index contributed by atoms with van der Waals surface area (Å²) in [6.45, 7) is 5.08. The summed E-state index contributed by atoms with van der Waals surface area (Å²) >= 11 is 0. The summed E-state index contributed by atoms with van der Waals surface area (Å²) in [4.78, 5) is 4.50. The number of hydrogen-bond donors (Lipinski definition) is 2. The molecule has 2 rings (SSSR count). The van der Waals surface area contributed by atoms with Crippen molar-refractivity contribution in [3.05, 3.63) is 11.9 Å². The van der Waals surface area contributed by atoms with E-state index in [0.29, 0.717) is 6.54 Å². The van der Waals surface area contributed by atoms with Crippen LogP contribution < -0.4 is 5.73 Å². The van der Waals surface area contributed by atoms with Crippen molar-refractivity contribution >= 4 is 5.84 Å². The van der Waals surface area contributed by atoms with Gasteiger partial charge in [0.25, 0.3) is 0 Å². The van der Waals surface area contributed by atoms with E-state index < -0.39 is 0 Å². The molecule has 0 radical (unpaired) electrons. The van der Waals surface area contributed by atoms with Crippen LogP contribution in [0.4, 0.5) is 0 Å². The number of aromatic nitrogens is 3. The second-order valence-corrected chi connectivity index (χ2v) is 4.53. The lowest BCUT2D eigenvalue weighted by Gasteiger charge is -2.33. The van der Waals surface area contributed by atoms with Gasteiger partial charge in [0.05, 0.1) is 12.2 Å². The maximum Gasteiger partial charge on any atom is 0.153 e. The molecule has 3 N–H and O–H groups in total. The zero-order valence-electron chi connectivity index (χ0n) is 10.5. The van der Waals surface area contributed by atoms with Crippen LogP contribution >= 0.6 is 0 Å². The molecule has 1 saturated heterocycles. The summed E-state index contributed by atoms with van der Waals surface area (Å²) in [5.74, 6) is 0.261. The molecule has 0 aliphatic carbocycles. The Morgan fingerprint density at radius 3 is 2.61 bits per heavy atom. The highest BCUT2D eigenvalue weighted by Crippen LogP contribution is 2.05. The topological polar surface area (TPSA) is 95.8 Å². The molecule has 8 nitrogen and oxygen atoms in total. The maximum atomic E-state index is 8.52. The molecule has 8 heteroatoms. The van der Waals surface area contributed by atoms with E-state index in [1.165, 1.54) is 0 Å². The summed E-state index contributed by atoms with van der Waals surface area (Å²) in [7, 11) is 1.87. The number of hydrogen-bond acceptors (Lipinski definition) is 6. The lowest BCUT2D eigenvalue weighted by Crippen LogP contribution is -2.48. The third kappa shape index (κ3) is 3.41. The number of piperazine rings is 1. The molecule has 0 aromatic carbocycles. The quantitative estimate of drug-likeness (QED) is 0.299. The molecule has 0 atom stereocenters. The van der Waals surface area contributed by atoms with E-state index in [1.807, 2.05) is 13.2 Å². The Hall–Kier alpha value is -1.67. The van der Waals surface area contributed by atoms with Crippen molar-refractivity contribution < 1.29 is 5.21 Å². The number of nitrogens with zero attached hydrogens (tertiary/aromatic N) is 6. The first-order valence-electron chi connectivity index (χ1n) is 5.93. The van der Waals surface area contributed by atoms with E-state index >= 15 is 0 Å². The first-order valence-corrected chi connectivity index (χ1v) is 5.93. The highest BCUT2D eigenvalue weighted by molar-refractivity contribution is 5.81. The minimum atomic E-state index is 0.261. The molecule has 1 aromatic heterocycles. The summed E-state index contributed by atoms with van der Waals surface area (Å²) in [5, 5.41) is 19.5. The molecular formula is C10H19N7O. The van der Waals surface area contributed by atoms with Gasteiger partial charge in [0, 0.05) is 46.0 Å². The van der Waals surface area contributed by atoms with Crippen LogP contribution in [-0.4, -0.2) is 68.6 Å². The molecule has 0 saturated carbocycles. The van der Waals surface area contributed by atoms with Gasteiger partial charge in [-0.05, 0) is 0 Å². The average Bonchev–Trinajstić information content (AvgIpc) is 2.77. The number of amidine groups is 1. The first kappa shape index (κ1) is 12.8. The van der Waals surface area contributed by atoms with Gasteiger partial charge in [0.1, 0.15) is 0 Å². The molecule has 1 aliphatic rings. The number of nitrogens with two attached hydrogens (primary N) is 1. The Morgan fingerprint density at radius 2 is 2.06 bits per heavy atom. The Morgan fingerprint density at radius 1 is 1.39 bits per heavy atom. The van der Waals surface area contributed by atoms with Crippen LogP contribution in [0, 0.1) is 0 Å². The van der Waals surface area contributed by atoms with Crippen LogP contribution in [0.2, 0.25) is 0 Å². The van der Waals surface area contributed by atoms with E-state index in [1.54, 1.807) is 4.68 Å². The van der Waals surface area contributed by atoms with Gasteiger partial charge in [-0.2, -0.15) is 0 Å². The van der Waals surface area contributed by atoms with Gasteiger partial charge < -0.3 is 10.9 Å². The maximum absolute atomic E-state index is 8.52. The van der Waals surface area contributed by atoms with E-state index in [4.69, 9.17) is 10.9 Å². The van der Waals surface area contributed by atoms with Gasteiger partial charge in [-0.25, -0.2) is 0 Å². The molecule has 18 heavy (non-hydrogen) atoms. The number of oxime groups is 1. The summed E-state index contributed by atoms with van der Waals surface area (Å²) in [5.41, 5.74) is 6.48. The molecular weight excluding hydrogens is 234 g/mol. The Balaban J connectivity index is 1.76. The summed E-state index contributed by atoms with van der Waals surface area (Å²) < 4.78 is 1.71. The number of aryl methyl sites for hydroxylation is 1. The monoisotopic (exact) mass is 253 g/mol. The minimum absolute atomic E-state index is 0.261. The van der Waals surface area contributed by atoms with Crippen LogP contribution in [0.5, 0.6) is 0 Å². The van der Waals surface area contributed by atoms with Crippen LogP contribution in [0.3, 0.4) is 0 Å². The van der Waals surface area contributed by atoms with E-state index in [2.05, 4.69) is 25.3 Å². The zero-order chi connectivity index (χ0) is 13.0. The van der Waals surface area contributed by atoms with Gasteiger partial charge in [0.15, 0.2) is 5.84 Å². The Kier molecular flexibility index (Phi) is 4.11. The lowest BCUT2D eigenvalue weighted by atomic mass is 10.3. The third-order valence-electron chi connectivity index (χ3n) is 3.01. The van der Waals surface area contributed by atoms with E-state index in [0.717, 1.165) is 38.4 Å². The zero-order valence-corrected chi connectivity index (χ0v) is 10.5. The summed E-state index contributed by atoms with van der Waals surface area (Å²) in [6, 6.07) is 0. The largest absolute Gasteiger partial charge is 0.409 e. The fourth-order valence-electron chi connectivity index (χ4n) is 2.06. The second-order valence-electron chi connectivity index (χ2n) is 4.53. The van der Waals surface area contributed by atoms with Crippen molar-refractivity contribution in [1.82, 2.24) is 24.8 Å². The van der Waals surface area contributed by atoms with Crippen LogP contribution in [-0.2, 0) is 13.6 Å². The average molecular weight is 253 g/mol. The van der Waals surface area contributed by atoms with Crippen molar-refractivity contribution in [2.45, 2.75) is 6.54 Å². The molecule has 0 unspecified atom stereocenters. The SMILES string of the molecule is Cn1cc(CN2CCN(C/C(N)=N/O)CC2)nn1. The fraction of sp³-hybridized carbons (Fsp3) is 0.700.